The molecule has 10 heteroatoms. The number of hydrogen-bond donors (Lipinski definition) is 0. The Morgan fingerprint density at radius 2 is 1.88 bits per heavy atom. The van der Waals surface area contributed by atoms with Crippen LogP contribution in [0.25, 0.3) is 10.8 Å². The van der Waals surface area contributed by atoms with E-state index in [1.165, 1.54) is 35.8 Å². The highest BCUT2D eigenvalue weighted by Crippen LogP contribution is 2.39. The zero-order chi connectivity index (χ0) is 23.1. The molecule has 33 heavy (non-hydrogen) atoms. The smallest absolute Gasteiger partial charge is 0.254 e. The molecule has 0 bridgehead atoms. The van der Waals surface area contributed by atoms with Gasteiger partial charge in [-0.1, -0.05) is 6.42 Å². The lowest BCUT2D eigenvalue weighted by molar-refractivity contribution is -0.118. The highest BCUT2D eigenvalue weighted by atomic mass is 32.1. The minimum atomic E-state index is -0.379. The number of fused-ring (bicyclic) bond motifs is 1. The molecule has 2 amide bonds. The van der Waals surface area contributed by atoms with Gasteiger partial charge in [0, 0.05) is 31.6 Å². The van der Waals surface area contributed by atoms with Crippen LogP contribution in [0.2, 0.25) is 0 Å². The Balaban J connectivity index is 1.58. The van der Waals surface area contributed by atoms with Crippen LogP contribution in [0.1, 0.15) is 60.5 Å². The van der Waals surface area contributed by atoms with E-state index in [4.69, 9.17) is 4.98 Å². The van der Waals surface area contributed by atoms with Gasteiger partial charge in [-0.05, 0) is 62.5 Å². The third kappa shape index (κ3) is 3.92. The van der Waals surface area contributed by atoms with Crippen molar-refractivity contribution < 1.29 is 14.0 Å². The van der Waals surface area contributed by atoms with E-state index in [-0.39, 0.29) is 23.7 Å². The number of hydrogen-bond acceptors (Lipinski definition) is 6. The first-order valence-corrected chi connectivity index (χ1v) is 12.0. The molecule has 8 nitrogen and oxygen atoms in total. The molecule has 0 aliphatic carbocycles. The van der Waals surface area contributed by atoms with Gasteiger partial charge in [-0.3, -0.25) is 14.5 Å². The Morgan fingerprint density at radius 1 is 1.09 bits per heavy atom. The zero-order valence-corrected chi connectivity index (χ0v) is 19.4. The van der Waals surface area contributed by atoms with Crippen molar-refractivity contribution in [2.24, 2.45) is 0 Å². The first-order chi connectivity index (χ1) is 15.9. The van der Waals surface area contributed by atoms with Crippen molar-refractivity contribution in [2.75, 3.05) is 18.0 Å². The Kier molecular flexibility index (Phi) is 5.69. The molecule has 5 rings (SSSR count). The van der Waals surface area contributed by atoms with Crippen molar-refractivity contribution in [2.45, 2.75) is 52.1 Å². The normalized spacial score (nSPS) is 18.9. The van der Waals surface area contributed by atoms with Crippen molar-refractivity contribution in [1.29, 1.82) is 0 Å². The average Bonchev–Trinajstić information content (AvgIpc) is 3.33. The van der Waals surface area contributed by atoms with E-state index in [9.17, 15) is 14.0 Å². The molecule has 0 N–H and O–H groups in total. The Labute approximate surface area is 195 Å². The maximum atomic E-state index is 13.4. The number of rotatable bonds is 3. The fraction of sp³-hybridized carbons (Fsp3) is 0.435. The number of aromatic nitrogens is 4. The fourth-order valence-electron chi connectivity index (χ4n) is 4.63. The molecule has 0 saturated carbocycles. The third-order valence-corrected chi connectivity index (χ3v) is 7.12. The molecule has 0 radical (unpaired) electrons. The van der Waals surface area contributed by atoms with E-state index < -0.39 is 0 Å². The van der Waals surface area contributed by atoms with Gasteiger partial charge in [0.05, 0.1) is 11.7 Å². The van der Waals surface area contributed by atoms with Crippen LogP contribution in [0.15, 0.2) is 24.3 Å². The standard InChI is InChI=1S/C23H25FN6O2S/c1-14-19-20(29-11-5-3-4-6-18(29)31)26-21(22-25-15(2)27-33-22)30(19)13-12-28(14)23(32)16-7-9-17(24)10-8-16/h7-10,14H,3-6,11-13H2,1-2H3/t14-/m1/s1. The molecule has 1 aromatic carbocycles. The summed E-state index contributed by atoms with van der Waals surface area (Å²) in [7, 11) is 0. The summed E-state index contributed by atoms with van der Waals surface area (Å²) in [5.74, 6) is 1.48. The van der Waals surface area contributed by atoms with Crippen molar-refractivity contribution in [3.05, 3.63) is 47.2 Å². The molecule has 3 aromatic rings. The van der Waals surface area contributed by atoms with E-state index in [2.05, 4.69) is 13.9 Å². The van der Waals surface area contributed by atoms with E-state index in [1.807, 2.05) is 13.8 Å². The molecule has 0 unspecified atom stereocenters. The summed E-state index contributed by atoms with van der Waals surface area (Å²) in [6, 6.07) is 5.28. The summed E-state index contributed by atoms with van der Waals surface area (Å²) in [6.45, 7) is 5.39. The number of carbonyl (C=O) groups is 2. The molecule has 1 fully saturated rings. The van der Waals surface area contributed by atoms with Crippen LogP contribution in [0.4, 0.5) is 10.2 Å². The van der Waals surface area contributed by atoms with E-state index in [0.717, 1.165) is 25.0 Å². The van der Waals surface area contributed by atoms with Crippen LogP contribution in [0.3, 0.4) is 0 Å². The van der Waals surface area contributed by atoms with Crippen molar-refractivity contribution in [1.82, 2.24) is 23.8 Å². The number of nitrogens with zero attached hydrogens (tertiary/aromatic N) is 6. The topological polar surface area (TPSA) is 84.2 Å². The lowest BCUT2D eigenvalue weighted by atomic mass is 10.1. The summed E-state index contributed by atoms with van der Waals surface area (Å²) in [4.78, 5) is 39.2. The Bertz CT molecular complexity index is 1200. The van der Waals surface area contributed by atoms with Gasteiger partial charge >= 0.3 is 0 Å². The van der Waals surface area contributed by atoms with Crippen molar-refractivity contribution >= 4 is 29.2 Å². The lowest BCUT2D eigenvalue weighted by Gasteiger charge is -2.36. The summed E-state index contributed by atoms with van der Waals surface area (Å²) < 4.78 is 19.8. The molecule has 4 heterocycles. The molecule has 1 saturated heterocycles. The highest BCUT2D eigenvalue weighted by Gasteiger charge is 2.37. The minimum absolute atomic E-state index is 0.0579. The minimum Gasteiger partial charge on any atom is -0.328 e. The van der Waals surface area contributed by atoms with Gasteiger partial charge in [0.25, 0.3) is 5.91 Å². The van der Waals surface area contributed by atoms with Crippen LogP contribution in [0, 0.1) is 12.7 Å². The van der Waals surface area contributed by atoms with Gasteiger partial charge in [-0.25, -0.2) is 14.4 Å². The van der Waals surface area contributed by atoms with Crippen LogP contribution in [0.5, 0.6) is 0 Å². The first-order valence-electron chi connectivity index (χ1n) is 11.2. The number of halogens is 1. The van der Waals surface area contributed by atoms with Gasteiger partial charge in [0.1, 0.15) is 11.6 Å². The number of benzene rings is 1. The molecular weight excluding hydrogens is 443 g/mol. The molecule has 2 aromatic heterocycles. The van der Waals surface area contributed by atoms with Crippen molar-refractivity contribution in [3.8, 4) is 10.8 Å². The second kappa shape index (κ2) is 8.66. The van der Waals surface area contributed by atoms with Crippen LogP contribution >= 0.6 is 11.5 Å². The first kappa shape index (κ1) is 21.7. The molecule has 0 spiro atoms. The molecule has 1 atom stereocenters. The average molecular weight is 469 g/mol. The summed E-state index contributed by atoms with van der Waals surface area (Å²) >= 11 is 1.28. The predicted octanol–water partition coefficient (Wildman–Crippen LogP) is 3.97. The maximum absolute atomic E-state index is 13.4. The third-order valence-electron chi connectivity index (χ3n) is 6.32. The number of imidazole rings is 1. The Morgan fingerprint density at radius 3 is 2.61 bits per heavy atom. The highest BCUT2D eigenvalue weighted by molar-refractivity contribution is 7.09. The van der Waals surface area contributed by atoms with Crippen LogP contribution in [-0.4, -0.2) is 48.7 Å². The van der Waals surface area contributed by atoms with Gasteiger partial charge in [-0.15, -0.1) is 0 Å². The van der Waals surface area contributed by atoms with Crippen molar-refractivity contribution in [3.63, 3.8) is 0 Å². The quantitative estimate of drug-likeness (QED) is 0.581. The second-order valence-corrected chi connectivity index (χ2v) is 9.23. The van der Waals surface area contributed by atoms with E-state index >= 15 is 0 Å². The number of carbonyl (C=O) groups excluding carboxylic acids is 2. The monoisotopic (exact) mass is 468 g/mol. The Hall–Kier alpha value is -3.14. The van der Waals surface area contributed by atoms with Gasteiger partial charge < -0.3 is 9.47 Å². The van der Waals surface area contributed by atoms with Gasteiger partial charge in [-0.2, -0.15) is 4.37 Å². The second-order valence-electron chi connectivity index (χ2n) is 8.48. The van der Waals surface area contributed by atoms with Crippen LogP contribution < -0.4 is 4.90 Å². The summed E-state index contributed by atoms with van der Waals surface area (Å²) in [5.41, 5.74) is 1.26. The summed E-state index contributed by atoms with van der Waals surface area (Å²) in [6.07, 6.45) is 3.29. The van der Waals surface area contributed by atoms with Gasteiger partial charge in [0.2, 0.25) is 5.91 Å². The SMILES string of the molecule is Cc1nsc(-c2nc(N3CCCCCC3=O)c3n2CCN(C(=O)c2ccc(F)cc2)[C@@H]3C)n1. The predicted molar refractivity (Wildman–Crippen MR) is 123 cm³/mol. The molecule has 172 valence electrons. The number of anilines is 1. The molecular formula is C23H25FN6O2S. The zero-order valence-electron chi connectivity index (χ0n) is 18.6. The fourth-order valence-corrected chi connectivity index (χ4v) is 5.30. The van der Waals surface area contributed by atoms with E-state index in [0.29, 0.717) is 54.1 Å². The van der Waals surface area contributed by atoms with Crippen LogP contribution in [-0.2, 0) is 11.3 Å². The number of amides is 2. The largest absolute Gasteiger partial charge is 0.328 e. The summed E-state index contributed by atoms with van der Waals surface area (Å²) in [5, 5.41) is 0.702. The number of aryl methyl sites for hydroxylation is 1. The van der Waals surface area contributed by atoms with E-state index in [1.54, 1.807) is 9.80 Å². The van der Waals surface area contributed by atoms with Gasteiger partial charge in [0.15, 0.2) is 16.6 Å². The maximum Gasteiger partial charge on any atom is 0.254 e. The molecule has 2 aliphatic heterocycles. The lowest BCUT2D eigenvalue weighted by Crippen LogP contribution is -2.42. The molecule has 2 aliphatic rings.